The van der Waals surface area contributed by atoms with Crippen LogP contribution in [0.1, 0.15) is 43.4 Å². The van der Waals surface area contributed by atoms with Gasteiger partial charge in [0, 0.05) is 27.5 Å². The summed E-state index contributed by atoms with van der Waals surface area (Å²) in [5, 5.41) is 3.08. The Bertz CT molecular complexity index is 1760. The summed E-state index contributed by atoms with van der Waals surface area (Å²) in [6, 6.07) is 27.9. The summed E-state index contributed by atoms with van der Waals surface area (Å²) in [4.78, 5) is 45.8. The van der Waals surface area contributed by atoms with Gasteiger partial charge in [0.2, 0.25) is 5.91 Å². The highest BCUT2D eigenvalue weighted by molar-refractivity contribution is 9.10. The molecule has 0 unspecified atom stereocenters. The van der Waals surface area contributed by atoms with Crippen molar-refractivity contribution in [1.29, 1.82) is 0 Å². The summed E-state index contributed by atoms with van der Waals surface area (Å²) in [5.41, 5.74) is 2.73. The number of methoxy groups -OCH3 is 1. The van der Waals surface area contributed by atoms with Gasteiger partial charge in [-0.3, -0.25) is 14.4 Å². The normalized spacial score (nSPS) is 23.5. The van der Waals surface area contributed by atoms with E-state index in [1.807, 2.05) is 65.7 Å². The summed E-state index contributed by atoms with van der Waals surface area (Å²) >= 11 is 3.46. The Kier molecular flexibility index (Phi) is 5.94. The minimum atomic E-state index is -1.36. The molecule has 0 bridgehead atoms. The number of amides is 1. The average molecular weight is 605 g/mol. The molecule has 4 aromatic carbocycles. The third-order valence-corrected chi connectivity index (χ3v) is 9.13. The van der Waals surface area contributed by atoms with Crippen LogP contribution in [0.25, 0.3) is 6.08 Å². The second-order valence-electron chi connectivity index (χ2n) is 10.6. The van der Waals surface area contributed by atoms with E-state index in [9.17, 15) is 14.4 Å². The van der Waals surface area contributed by atoms with E-state index in [0.29, 0.717) is 22.6 Å². The summed E-state index contributed by atoms with van der Waals surface area (Å²) in [6.45, 7) is 0. The number of hydrogen-bond acceptors (Lipinski definition) is 5. The van der Waals surface area contributed by atoms with Gasteiger partial charge in [-0.05, 0) is 53.1 Å². The number of halogens is 1. The molecule has 0 saturated carbocycles. The molecule has 0 radical (unpaired) electrons. The highest BCUT2D eigenvalue weighted by Gasteiger charge is 2.70. The van der Waals surface area contributed by atoms with E-state index >= 15 is 0 Å². The lowest BCUT2D eigenvalue weighted by atomic mass is 9.62. The van der Waals surface area contributed by atoms with E-state index in [4.69, 9.17) is 4.74 Å². The Morgan fingerprint density at radius 2 is 1.63 bits per heavy atom. The second kappa shape index (κ2) is 9.56. The zero-order valence-corrected chi connectivity index (χ0v) is 23.7. The van der Waals surface area contributed by atoms with Crippen LogP contribution in [0.4, 0.5) is 5.69 Å². The van der Waals surface area contributed by atoms with Crippen molar-refractivity contribution >= 4 is 45.2 Å². The van der Waals surface area contributed by atoms with Crippen molar-refractivity contribution in [2.24, 2.45) is 5.92 Å². The van der Waals surface area contributed by atoms with Crippen LogP contribution in [0, 0.1) is 5.92 Å². The highest BCUT2D eigenvalue weighted by atomic mass is 79.9. The van der Waals surface area contributed by atoms with Crippen LogP contribution in [-0.4, -0.2) is 35.5 Å². The number of anilines is 1. The minimum absolute atomic E-state index is 0.248. The first-order chi connectivity index (χ1) is 19.9. The Hall–Kier alpha value is -4.49. The van der Waals surface area contributed by atoms with Crippen molar-refractivity contribution in [2.75, 3.05) is 12.4 Å². The molecule has 3 aliphatic rings. The number of ether oxygens (including phenoxy) is 1. The summed E-state index contributed by atoms with van der Waals surface area (Å²) in [5.74, 6) is -1.27. The molecule has 4 atom stereocenters. The number of ketones is 2. The number of hydrogen-bond donors (Lipinski definition) is 1. The van der Waals surface area contributed by atoms with Crippen LogP contribution in [0.15, 0.2) is 108 Å². The predicted octanol–water partition coefficient (Wildman–Crippen LogP) is 6.44. The molecule has 6 nitrogen and oxygen atoms in total. The number of carbonyl (C=O) groups is 3. The number of benzene rings is 4. The molecule has 7 heteroatoms. The molecule has 3 aliphatic heterocycles. The molecule has 1 fully saturated rings. The van der Waals surface area contributed by atoms with E-state index < -0.39 is 23.4 Å². The van der Waals surface area contributed by atoms with Crippen LogP contribution < -0.4 is 10.1 Å². The van der Waals surface area contributed by atoms with Gasteiger partial charge in [0.25, 0.3) is 0 Å². The Morgan fingerprint density at radius 3 is 2.44 bits per heavy atom. The molecule has 7 rings (SSSR count). The quantitative estimate of drug-likeness (QED) is 0.265. The number of rotatable bonds is 5. The number of para-hydroxylation sites is 1. The number of carbonyl (C=O) groups excluding carboxylic acids is 3. The fraction of sp³-hybridized carbons (Fsp3) is 0.147. The molecule has 1 amide bonds. The number of Topliss-reactive ketones (excluding diaryl/α,β-unsaturated/α-hetero) is 2. The van der Waals surface area contributed by atoms with Gasteiger partial charge in [-0.1, -0.05) is 82.7 Å². The number of nitrogens with zero attached hydrogens (tertiary/aromatic N) is 1. The standard InChI is InChI=1S/C34H25BrN2O4/c1-41-24-9-6-8-22(19-24)31(39)29-28(30(38)21-13-15-23(35)16-14-21)34(26-11-4-5-12-27(26)36-33(34)40)32-25-10-3-2-7-20(25)17-18-37(29)32/h2-19,28-29,32H,1H3,(H,36,40)/t28-,29+,32+,34-/m1/s1. The lowest BCUT2D eigenvalue weighted by Crippen LogP contribution is -2.49. The van der Waals surface area contributed by atoms with Crippen molar-refractivity contribution in [1.82, 2.24) is 4.90 Å². The summed E-state index contributed by atoms with van der Waals surface area (Å²) in [6.07, 6.45) is 3.83. The lowest BCUT2D eigenvalue weighted by Gasteiger charge is -2.38. The first-order valence-electron chi connectivity index (χ1n) is 13.4. The maximum atomic E-state index is 14.8. The minimum Gasteiger partial charge on any atom is -0.497 e. The van der Waals surface area contributed by atoms with Crippen molar-refractivity contribution in [3.05, 3.63) is 136 Å². The van der Waals surface area contributed by atoms with E-state index in [0.717, 1.165) is 21.2 Å². The zero-order valence-electron chi connectivity index (χ0n) is 22.1. The first kappa shape index (κ1) is 25.5. The van der Waals surface area contributed by atoms with E-state index in [1.165, 1.54) is 0 Å². The molecule has 1 saturated heterocycles. The van der Waals surface area contributed by atoms with Gasteiger partial charge in [-0.2, -0.15) is 0 Å². The predicted molar refractivity (Wildman–Crippen MR) is 160 cm³/mol. The van der Waals surface area contributed by atoms with Crippen molar-refractivity contribution in [3.63, 3.8) is 0 Å². The Morgan fingerprint density at radius 1 is 0.878 bits per heavy atom. The third-order valence-electron chi connectivity index (χ3n) is 8.60. The molecule has 0 aliphatic carbocycles. The van der Waals surface area contributed by atoms with E-state index in [1.54, 1.807) is 55.6 Å². The lowest BCUT2D eigenvalue weighted by molar-refractivity contribution is -0.122. The van der Waals surface area contributed by atoms with Crippen molar-refractivity contribution < 1.29 is 19.1 Å². The van der Waals surface area contributed by atoms with Gasteiger partial charge in [0.05, 0.1) is 19.1 Å². The number of nitrogens with one attached hydrogen (secondary N) is 1. The summed E-state index contributed by atoms with van der Waals surface area (Å²) < 4.78 is 6.25. The first-order valence-corrected chi connectivity index (χ1v) is 14.2. The van der Waals surface area contributed by atoms with Crippen LogP contribution in [0.5, 0.6) is 5.75 Å². The average Bonchev–Trinajstić information content (AvgIpc) is 3.49. The monoisotopic (exact) mass is 604 g/mol. The Balaban J connectivity index is 1.53. The van der Waals surface area contributed by atoms with Crippen LogP contribution >= 0.6 is 15.9 Å². The smallest absolute Gasteiger partial charge is 0.238 e. The largest absolute Gasteiger partial charge is 0.497 e. The van der Waals surface area contributed by atoms with E-state index in [-0.39, 0.29) is 17.5 Å². The molecular formula is C34H25BrN2O4. The maximum absolute atomic E-state index is 14.8. The van der Waals surface area contributed by atoms with Crippen LogP contribution in [-0.2, 0) is 10.2 Å². The van der Waals surface area contributed by atoms with Gasteiger partial charge in [-0.15, -0.1) is 0 Å². The fourth-order valence-electron chi connectivity index (χ4n) is 6.91. The molecule has 1 spiro atoms. The Labute approximate surface area is 245 Å². The highest BCUT2D eigenvalue weighted by Crippen LogP contribution is 2.62. The van der Waals surface area contributed by atoms with E-state index in [2.05, 4.69) is 21.2 Å². The van der Waals surface area contributed by atoms with Gasteiger partial charge in [0.1, 0.15) is 17.2 Å². The van der Waals surface area contributed by atoms with Crippen LogP contribution in [0.2, 0.25) is 0 Å². The third kappa shape index (κ3) is 3.65. The molecule has 1 N–H and O–H groups in total. The topological polar surface area (TPSA) is 75.7 Å². The molecule has 202 valence electrons. The molecule has 3 heterocycles. The maximum Gasteiger partial charge on any atom is 0.238 e. The zero-order chi connectivity index (χ0) is 28.3. The molecular weight excluding hydrogens is 580 g/mol. The van der Waals surface area contributed by atoms with Gasteiger partial charge in [-0.25, -0.2) is 0 Å². The number of fused-ring (bicyclic) bond motifs is 6. The molecule has 4 aromatic rings. The fourth-order valence-corrected chi connectivity index (χ4v) is 7.17. The van der Waals surface area contributed by atoms with Crippen molar-refractivity contribution in [3.8, 4) is 5.75 Å². The second-order valence-corrected chi connectivity index (χ2v) is 11.5. The van der Waals surface area contributed by atoms with Crippen LogP contribution in [0.3, 0.4) is 0 Å². The summed E-state index contributed by atoms with van der Waals surface area (Å²) in [7, 11) is 1.55. The van der Waals surface area contributed by atoms with Crippen molar-refractivity contribution in [2.45, 2.75) is 17.5 Å². The molecule has 41 heavy (non-hydrogen) atoms. The molecule has 0 aromatic heterocycles. The van der Waals surface area contributed by atoms with Gasteiger partial charge < -0.3 is 15.0 Å². The van der Waals surface area contributed by atoms with Gasteiger partial charge in [0.15, 0.2) is 11.6 Å². The van der Waals surface area contributed by atoms with Gasteiger partial charge >= 0.3 is 0 Å². The SMILES string of the molecule is COc1cccc(C(=O)[C@@H]2[C@H](C(=O)c3ccc(Br)cc3)[C@@]3(C(=O)Nc4ccccc43)[C@@H]3c4ccccc4C=CN23)c1.